The highest BCUT2D eigenvalue weighted by atomic mass is 35.5. The van der Waals surface area contributed by atoms with Gasteiger partial charge in [0.1, 0.15) is 12.0 Å². The van der Waals surface area contributed by atoms with E-state index in [2.05, 4.69) is 13.8 Å². The van der Waals surface area contributed by atoms with E-state index in [1.54, 1.807) is 7.11 Å². The molecule has 0 heterocycles. The van der Waals surface area contributed by atoms with E-state index in [0.717, 1.165) is 28.2 Å². The number of rotatable bonds is 5. The lowest BCUT2D eigenvalue weighted by Gasteiger charge is -2.14. The van der Waals surface area contributed by atoms with Crippen molar-refractivity contribution in [2.45, 2.75) is 32.6 Å². The van der Waals surface area contributed by atoms with Crippen LogP contribution in [0.1, 0.15) is 37.3 Å². The molecule has 0 atom stereocenters. The van der Waals surface area contributed by atoms with Crippen LogP contribution < -0.4 is 4.74 Å². The summed E-state index contributed by atoms with van der Waals surface area (Å²) in [6, 6.07) is 3.87. The van der Waals surface area contributed by atoms with Crippen molar-refractivity contribution in [3.05, 3.63) is 28.3 Å². The van der Waals surface area contributed by atoms with E-state index >= 15 is 0 Å². The van der Waals surface area contributed by atoms with E-state index in [1.807, 2.05) is 12.1 Å². The molecule has 0 aliphatic rings. The van der Waals surface area contributed by atoms with Gasteiger partial charge in [0.25, 0.3) is 0 Å². The zero-order chi connectivity index (χ0) is 12.1. The first-order valence-electron chi connectivity index (χ1n) is 5.40. The van der Waals surface area contributed by atoms with Gasteiger partial charge in [-0.3, -0.25) is 0 Å². The fourth-order valence-corrected chi connectivity index (χ4v) is 2.06. The van der Waals surface area contributed by atoms with Gasteiger partial charge < -0.3 is 9.53 Å². The number of hydrogen-bond acceptors (Lipinski definition) is 2. The Morgan fingerprint density at radius 1 is 1.44 bits per heavy atom. The highest BCUT2D eigenvalue weighted by molar-refractivity contribution is 6.31. The molecule has 16 heavy (non-hydrogen) atoms. The number of carbonyl (C=O) groups excluding carboxylic acids is 1. The van der Waals surface area contributed by atoms with Crippen LogP contribution >= 0.6 is 11.6 Å². The molecule has 0 N–H and O–H groups in total. The molecule has 0 aliphatic heterocycles. The van der Waals surface area contributed by atoms with Crippen LogP contribution in [0.4, 0.5) is 0 Å². The third-order valence-corrected chi connectivity index (χ3v) is 2.88. The molecule has 3 heteroatoms. The van der Waals surface area contributed by atoms with Crippen LogP contribution in [0.3, 0.4) is 0 Å². The Bertz CT molecular complexity index is 372. The maximum atomic E-state index is 10.4. The minimum Gasteiger partial charge on any atom is -0.496 e. The SMILES string of the molecule is COc1cc(C(C)C)c(Cl)cc1CCC=O. The van der Waals surface area contributed by atoms with Crippen LogP contribution in [0.2, 0.25) is 5.02 Å². The van der Waals surface area contributed by atoms with Crippen molar-refractivity contribution in [1.29, 1.82) is 0 Å². The molecule has 2 nitrogen and oxygen atoms in total. The molecule has 0 aromatic heterocycles. The van der Waals surface area contributed by atoms with E-state index in [9.17, 15) is 4.79 Å². The van der Waals surface area contributed by atoms with Crippen molar-refractivity contribution in [1.82, 2.24) is 0 Å². The summed E-state index contributed by atoms with van der Waals surface area (Å²) in [5.41, 5.74) is 2.07. The topological polar surface area (TPSA) is 26.3 Å². The fourth-order valence-electron chi connectivity index (χ4n) is 1.65. The molecule has 0 saturated heterocycles. The Balaban J connectivity index is 3.10. The minimum absolute atomic E-state index is 0.363. The first kappa shape index (κ1) is 13.0. The number of carbonyl (C=O) groups is 1. The minimum atomic E-state index is 0.363. The number of ether oxygens (including phenoxy) is 1. The summed E-state index contributed by atoms with van der Waals surface area (Å²) in [6.07, 6.45) is 2.07. The number of benzene rings is 1. The molecule has 0 amide bonds. The van der Waals surface area contributed by atoms with Crippen LogP contribution in [0, 0.1) is 0 Å². The molecule has 0 bridgehead atoms. The molecule has 0 spiro atoms. The zero-order valence-corrected chi connectivity index (χ0v) is 10.7. The second-order valence-corrected chi connectivity index (χ2v) is 4.45. The molecule has 0 unspecified atom stereocenters. The van der Waals surface area contributed by atoms with Gasteiger partial charge in [-0.25, -0.2) is 0 Å². The van der Waals surface area contributed by atoms with Crippen LogP contribution in [0.25, 0.3) is 0 Å². The first-order chi connectivity index (χ1) is 7.60. The highest BCUT2D eigenvalue weighted by Gasteiger charge is 2.11. The van der Waals surface area contributed by atoms with Gasteiger partial charge in [0.05, 0.1) is 7.11 Å². The van der Waals surface area contributed by atoms with Crippen LogP contribution in [-0.2, 0) is 11.2 Å². The lowest BCUT2D eigenvalue weighted by Crippen LogP contribution is -1.97. The Kier molecular flexibility index (Phi) is 4.81. The predicted octanol–water partition coefficient (Wildman–Crippen LogP) is 3.60. The van der Waals surface area contributed by atoms with Gasteiger partial charge in [0.15, 0.2) is 0 Å². The summed E-state index contributed by atoms with van der Waals surface area (Å²) in [6.45, 7) is 4.18. The zero-order valence-electron chi connectivity index (χ0n) is 9.92. The maximum absolute atomic E-state index is 10.4. The molecule has 1 rings (SSSR count). The molecule has 88 valence electrons. The summed E-state index contributed by atoms with van der Waals surface area (Å²) >= 11 is 6.19. The van der Waals surface area contributed by atoms with E-state index in [-0.39, 0.29) is 0 Å². The Morgan fingerprint density at radius 3 is 2.62 bits per heavy atom. The predicted molar refractivity (Wildman–Crippen MR) is 66.5 cm³/mol. The van der Waals surface area contributed by atoms with Gasteiger partial charge in [-0.15, -0.1) is 0 Å². The van der Waals surface area contributed by atoms with Gasteiger partial charge >= 0.3 is 0 Å². The number of hydrogen-bond donors (Lipinski definition) is 0. The maximum Gasteiger partial charge on any atom is 0.122 e. The molecule has 0 radical (unpaired) electrons. The van der Waals surface area contributed by atoms with Gasteiger partial charge in [-0.05, 0) is 35.6 Å². The second kappa shape index (κ2) is 5.90. The van der Waals surface area contributed by atoms with Crippen molar-refractivity contribution in [2.75, 3.05) is 7.11 Å². The van der Waals surface area contributed by atoms with Crippen molar-refractivity contribution in [3.63, 3.8) is 0 Å². The van der Waals surface area contributed by atoms with Crippen molar-refractivity contribution in [2.24, 2.45) is 0 Å². The van der Waals surface area contributed by atoms with Crippen molar-refractivity contribution in [3.8, 4) is 5.75 Å². The first-order valence-corrected chi connectivity index (χ1v) is 5.77. The largest absolute Gasteiger partial charge is 0.496 e. The summed E-state index contributed by atoms with van der Waals surface area (Å²) in [5.74, 6) is 1.18. The van der Waals surface area contributed by atoms with E-state index < -0.39 is 0 Å². The van der Waals surface area contributed by atoms with E-state index in [0.29, 0.717) is 18.8 Å². The molecular formula is C13H17ClO2. The van der Waals surface area contributed by atoms with E-state index in [1.165, 1.54) is 0 Å². The van der Waals surface area contributed by atoms with Crippen LogP contribution in [0.5, 0.6) is 5.75 Å². The number of methoxy groups -OCH3 is 1. The second-order valence-electron chi connectivity index (χ2n) is 4.05. The molecule has 1 aromatic rings. The molecule has 0 saturated carbocycles. The summed E-state index contributed by atoms with van der Waals surface area (Å²) < 4.78 is 5.31. The van der Waals surface area contributed by atoms with E-state index in [4.69, 9.17) is 16.3 Å². The van der Waals surface area contributed by atoms with Gasteiger partial charge in [-0.1, -0.05) is 25.4 Å². The lowest BCUT2D eigenvalue weighted by molar-refractivity contribution is -0.107. The standard InChI is InChI=1S/C13H17ClO2/c1-9(2)11-8-13(16-3)10(5-4-6-15)7-12(11)14/h6-9H,4-5H2,1-3H3. The molecular weight excluding hydrogens is 224 g/mol. The number of aldehydes is 1. The Morgan fingerprint density at radius 2 is 2.12 bits per heavy atom. The van der Waals surface area contributed by atoms with Gasteiger partial charge in [-0.2, -0.15) is 0 Å². The summed E-state index contributed by atoms with van der Waals surface area (Å²) in [4.78, 5) is 10.4. The molecule has 1 aromatic carbocycles. The third kappa shape index (κ3) is 2.99. The van der Waals surface area contributed by atoms with Gasteiger partial charge in [0.2, 0.25) is 0 Å². The van der Waals surface area contributed by atoms with Gasteiger partial charge in [0, 0.05) is 11.4 Å². The smallest absolute Gasteiger partial charge is 0.122 e. The normalized spacial score (nSPS) is 10.6. The third-order valence-electron chi connectivity index (χ3n) is 2.55. The fraction of sp³-hybridized carbons (Fsp3) is 0.462. The van der Waals surface area contributed by atoms with Crippen molar-refractivity contribution >= 4 is 17.9 Å². The quantitative estimate of drug-likeness (QED) is 0.735. The highest BCUT2D eigenvalue weighted by Crippen LogP contribution is 2.32. The Hall–Kier alpha value is -1.02. The number of aryl methyl sites for hydroxylation is 1. The number of halogens is 1. The Labute approximate surface area is 102 Å². The van der Waals surface area contributed by atoms with Crippen molar-refractivity contribution < 1.29 is 9.53 Å². The summed E-state index contributed by atoms with van der Waals surface area (Å²) in [7, 11) is 1.64. The summed E-state index contributed by atoms with van der Waals surface area (Å²) in [5, 5.41) is 0.747. The lowest BCUT2D eigenvalue weighted by atomic mass is 9.99. The van der Waals surface area contributed by atoms with Crippen LogP contribution in [-0.4, -0.2) is 13.4 Å². The monoisotopic (exact) mass is 240 g/mol. The average Bonchev–Trinajstić information content (AvgIpc) is 2.25. The average molecular weight is 241 g/mol. The van der Waals surface area contributed by atoms with Crippen LogP contribution in [0.15, 0.2) is 12.1 Å². The molecule has 0 aliphatic carbocycles. The molecule has 0 fully saturated rings.